The summed E-state index contributed by atoms with van der Waals surface area (Å²) in [6, 6.07) is 18.2. The number of carbonyl (C=O) groups is 2. The first-order valence-electron chi connectivity index (χ1n) is 11.3. The molecule has 0 bridgehead atoms. The molecule has 2 aromatic heterocycles. The Kier molecular flexibility index (Phi) is 6.61. The predicted octanol–water partition coefficient (Wildman–Crippen LogP) is 6.48. The quantitative estimate of drug-likeness (QED) is 0.226. The summed E-state index contributed by atoms with van der Waals surface area (Å²) in [6.07, 6.45) is 1.80. The molecule has 3 N–H and O–H groups in total. The van der Waals surface area contributed by atoms with Gasteiger partial charge in [-0.2, -0.15) is 5.10 Å². The third-order valence-corrected chi connectivity index (χ3v) is 6.26. The number of ether oxygens (including phenoxy) is 1. The molecule has 37 heavy (non-hydrogen) atoms. The van der Waals surface area contributed by atoms with Gasteiger partial charge in [0.15, 0.2) is 5.76 Å². The van der Waals surface area contributed by atoms with Crippen LogP contribution in [-0.2, 0) is 16.0 Å². The van der Waals surface area contributed by atoms with Crippen molar-refractivity contribution in [1.82, 2.24) is 15.4 Å². The summed E-state index contributed by atoms with van der Waals surface area (Å²) >= 11 is 6.21. The van der Waals surface area contributed by atoms with Gasteiger partial charge in [0.05, 0.1) is 24.3 Å². The van der Waals surface area contributed by atoms with Crippen molar-refractivity contribution < 1.29 is 24.0 Å². The standard InChI is InChI=1S/C27H21ClN4O5/c1-15(18-4-2-3-5-22(18)28)36-27(35)31-23-14-30-37-26(23)20-11-10-19(21-13-29-32-25(20)21)17-8-6-16(7-9-17)12-24(33)34/h2-11,13-15H,12H2,1H3,(H,29,32)(H,31,35)(H,33,34). The number of aliphatic carboxylic acids is 1. The van der Waals surface area contributed by atoms with E-state index in [0.717, 1.165) is 16.5 Å². The van der Waals surface area contributed by atoms with Crippen LogP contribution in [0.15, 0.2) is 77.6 Å². The highest BCUT2D eigenvalue weighted by molar-refractivity contribution is 6.31. The number of anilines is 1. The van der Waals surface area contributed by atoms with E-state index >= 15 is 0 Å². The topological polar surface area (TPSA) is 130 Å². The number of fused-ring (bicyclic) bond motifs is 1. The fourth-order valence-corrected chi connectivity index (χ4v) is 4.43. The number of H-pyrrole nitrogens is 1. The Morgan fingerprint density at radius 2 is 1.84 bits per heavy atom. The second-order valence-corrected chi connectivity index (χ2v) is 8.76. The molecule has 186 valence electrons. The number of nitrogens with zero attached hydrogens (tertiary/aromatic N) is 2. The van der Waals surface area contributed by atoms with Crippen molar-refractivity contribution in [1.29, 1.82) is 0 Å². The fourth-order valence-electron chi connectivity index (χ4n) is 4.14. The Labute approximate surface area is 216 Å². The molecular formula is C27H21ClN4O5. The first-order chi connectivity index (χ1) is 17.9. The molecule has 0 aliphatic heterocycles. The molecule has 1 amide bonds. The zero-order chi connectivity index (χ0) is 25.9. The van der Waals surface area contributed by atoms with E-state index in [0.29, 0.717) is 38.7 Å². The largest absolute Gasteiger partial charge is 0.481 e. The number of carboxylic acids is 1. The number of hydrogen-bond acceptors (Lipinski definition) is 6. The minimum Gasteiger partial charge on any atom is -0.481 e. The number of benzene rings is 3. The van der Waals surface area contributed by atoms with Crippen molar-refractivity contribution in [2.45, 2.75) is 19.4 Å². The molecule has 0 saturated heterocycles. The third kappa shape index (κ3) is 5.03. The summed E-state index contributed by atoms with van der Waals surface area (Å²) in [5.74, 6) is -0.548. The van der Waals surface area contributed by atoms with Crippen LogP contribution in [0.3, 0.4) is 0 Å². The summed E-state index contributed by atoms with van der Waals surface area (Å²) in [5, 5.41) is 24.1. The number of rotatable bonds is 7. The van der Waals surface area contributed by atoms with Crippen molar-refractivity contribution in [3.8, 4) is 22.5 Å². The van der Waals surface area contributed by atoms with E-state index in [4.69, 9.17) is 26.0 Å². The Morgan fingerprint density at radius 1 is 1.08 bits per heavy atom. The molecule has 0 aliphatic carbocycles. The molecular weight excluding hydrogens is 496 g/mol. The lowest BCUT2D eigenvalue weighted by Crippen LogP contribution is -2.16. The third-order valence-electron chi connectivity index (χ3n) is 5.91. The molecule has 0 spiro atoms. The van der Waals surface area contributed by atoms with Crippen molar-refractivity contribution >= 4 is 40.3 Å². The van der Waals surface area contributed by atoms with Crippen LogP contribution in [-0.4, -0.2) is 32.5 Å². The fraction of sp³-hybridized carbons (Fsp3) is 0.111. The SMILES string of the molecule is CC(OC(=O)Nc1cnoc1-c1ccc(-c2ccc(CC(=O)O)cc2)c2cn[nH]c12)c1ccccc1Cl. The van der Waals surface area contributed by atoms with E-state index in [2.05, 4.69) is 20.7 Å². The van der Waals surface area contributed by atoms with Crippen molar-refractivity contribution in [2.24, 2.45) is 0 Å². The molecule has 0 aliphatic rings. The summed E-state index contributed by atoms with van der Waals surface area (Å²) in [6.45, 7) is 1.73. The Morgan fingerprint density at radius 3 is 2.59 bits per heavy atom. The van der Waals surface area contributed by atoms with E-state index in [1.165, 1.54) is 6.20 Å². The minimum absolute atomic E-state index is 0.0405. The van der Waals surface area contributed by atoms with Crippen LogP contribution in [0.2, 0.25) is 5.02 Å². The van der Waals surface area contributed by atoms with Gasteiger partial charge in [0.25, 0.3) is 0 Å². The van der Waals surface area contributed by atoms with Gasteiger partial charge in [-0.3, -0.25) is 15.2 Å². The van der Waals surface area contributed by atoms with Gasteiger partial charge in [0.1, 0.15) is 11.8 Å². The van der Waals surface area contributed by atoms with Crippen molar-refractivity contribution in [3.63, 3.8) is 0 Å². The normalized spacial score (nSPS) is 11.8. The van der Waals surface area contributed by atoms with Crippen LogP contribution >= 0.6 is 11.6 Å². The number of amides is 1. The average molecular weight is 517 g/mol. The van der Waals surface area contributed by atoms with E-state index in [1.807, 2.05) is 30.3 Å². The molecule has 1 unspecified atom stereocenters. The summed E-state index contributed by atoms with van der Waals surface area (Å²) < 4.78 is 11.0. The number of carbonyl (C=O) groups excluding carboxylic acids is 1. The second kappa shape index (κ2) is 10.2. The van der Waals surface area contributed by atoms with Crippen LogP contribution in [0.4, 0.5) is 10.5 Å². The van der Waals surface area contributed by atoms with E-state index < -0.39 is 18.2 Å². The molecule has 5 rings (SSSR count). The molecule has 5 aromatic rings. The lowest BCUT2D eigenvalue weighted by atomic mass is 9.97. The van der Waals surface area contributed by atoms with Gasteiger partial charge in [-0.1, -0.05) is 65.3 Å². The summed E-state index contributed by atoms with van der Waals surface area (Å²) in [5.41, 5.74) is 4.87. The van der Waals surface area contributed by atoms with Crippen molar-refractivity contribution in [3.05, 3.63) is 89.2 Å². The number of hydrogen-bond donors (Lipinski definition) is 3. The lowest BCUT2D eigenvalue weighted by Gasteiger charge is -2.15. The van der Waals surface area contributed by atoms with Gasteiger partial charge in [-0.25, -0.2) is 4.79 Å². The van der Waals surface area contributed by atoms with Gasteiger partial charge in [0, 0.05) is 21.5 Å². The first-order valence-corrected chi connectivity index (χ1v) is 11.7. The van der Waals surface area contributed by atoms with Crippen LogP contribution < -0.4 is 5.32 Å². The molecule has 1 atom stereocenters. The summed E-state index contributed by atoms with van der Waals surface area (Å²) in [4.78, 5) is 23.6. The van der Waals surface area contributed by atoms with E-state index in [9.17, 15) is 9.59 Å². The maximum absolute atomic E-state index is 12.6. The van der Waals surface area contributed by atoms with Gasteiger partial charge in [0.2, 0.25) is 0 Å². The Bertz CT molecular complexity index is 1590. The smallest absolute Gasteiger partial charge is 0.412 e. The van der Waals surface area contributed by atoms with Crippen LogP contribution in [0, 0.1) is 0 Å². The number of halogens is 1. The predicted molar refractivity (Wildman–Crippen MR) is 138 cm³/mol. The lowest BCUT2D eigenvalue weighted by molar-refractivity contribution is -0.136. The highest BCUT2D eigenvalue weighted by Crippen LogP contribution is 2.37. The molecule has 0 saturated carbocycles. The van der Waals surface area contributed by atoms with Crippen LogP contribution in [0.5, 0.6) is 0 Å². The Hall–Kier alpha value is -4.63. The minimum atomic E-state index is -0.881. The highest BCUT2D eigenvalue weighted by Gasteiger charge is 2.21. The second-order valence-electron chi connectivity index (χ2n) is 8.35. The number of aromatic amines is 1. The Balaban J connectivity index is 1.40. The van der Waals surface area contributed by atoms with Gasteiger partial charge >= 0.3 is 12.1 Å². The molecule has 9 nitrogen and oxygen atoms in total. The number of carboxylic acid groups (broad SMARTS) is 1. The monoisotopic (exact) mass is 516 g/mol. The van der Waals surface area contributed by atoms with Crippen LogP contribution in [0.25, 0.3) is 33.4 Å². The first kappa shape index (κ1) is 24.1. The summed E-state index contributed by atoms with van der Waals surface area (Å²) in [7, 11) is 0. The zero-order valence-corrected chi connectivity index (χ0v) is 20.3. The maximum atomic E-state index is 12.6. The van der Waals surface area contributed by atoms with Gasteiger partial charge < -0.3 is 14.4 Å². The van der Waals surface area contributed by atoms with Crippen LogP contribution in [0.1, 0.15) is 24.2 Å². The number of nitrogens with one attached hydrogen (secondary N) is 2. The molecule has 0 fully saturated rings. The molecule has 0 radical (unpaired) electrons. The molecule has 2 heterocycles. The van der Waals surface area contributed by atoms with E-state index in [1.54, 1.807) is 43.5 Å². The van der Waals surface area contributed by atoms with E-state index in [-0.39, 0.29) is 6.42 Å². The maximum Gasteiger partial charge on any atom is 0.412 e. The van der Waals surface area contributed by atoms with Gasteiger partial charge in [-0.05, 0) is 35.7 Å². The number of aromatic nitrogens is 3. The van der Waals surface area contributed by atoms with Crippen molar-refractivity contribution in [2.75, 3.05) is 5.32 Å². The van der Waals surface area contributed by atoms with Gasteiger partial charge in [-0.15, -0.1) is 0 Å². The highest BCUT2D eigenvalue weighted by atomic mass is 35.5. The average Bonchev–Trinajstić information content (AvgIpc) is 3.54. The molecule has 10 heteroatoms. The molecule has 3 aromatic carbocycles. The zero-order valence-electron chi connectivity index (χ0n) is 19.6.